The first-order valence-corrected chi connectivity index (χ1v) is 17.5. The smallest absolute Gasteiger partial charge is 0.124 e. The van der Waals surface area contributed by atoms with Gasteiger partial charge in [-0.1, -0.05) is 49.4 Å². The van der Waals surface area contributed by atoms with Crippen LogP contribution in [0.1, 0.15) is 35.0 Å². The van der Waals surface area contributed by atoms with E-state index in [9.17, 15) is 10.5 Å². The second kappa shape index (κ2) is 11.4. The van der Waals surface area contributed by atoms with Crippen LogP contribution in [0.3, 0.4) is 0 Å². The van der Waals surface area contributed by atoms with Gasteiger partial charge in [-0.25, -0.2) is 4.98 Å². The maximum Gasteiger partial charge on any atom is 0.124 e. The molecule has 0 aliphatic heterocycles. The molecule has 0 bridgehead atoms. The summed E-state index contributed by atoms with van der Waals surface area (Å²) >= 11 is 5.20. The average molecular weight is 644 g/mol. The lowest BCUT2D eigenvalue weighted by Gasteiger charge is -2.10. The molecule has 0 N–H and O–H groups in total. The molecule has 0 radical (unpaired) electrons. The van der Waals surface area contributed by atoms with E-state index in [2.05, 4.69) is 105 Å². The van der Waals surface area contributed by atoms with Crippen LogP contribution in [-0.4, -0.2) is 4.98 Å². The number of thiazole rings is 1. The van der Waals surface area contributed by atoms with Gasteiger partial charge in [-0.15, -0.1) is 34.0 Å². The molecule has 46 heavy (non-hydrogen) atoms. The first-order valence-electron chi connectivity index (χ1n) is 15.0. The summed E-state index contributed by atoms with van der Waals surface area (Å²) in [5.74, 6) is 0. The van der Waals surface area contributed by atoms with Crippen molar-refractivity contribution in [2.75, 3.05) is 0 Å². The molecule has 0 spiro atoms. The summed E-state index contributed by atoms with van der Waals surface area (Å²) < 4.78 is 4.67. The zero-order valence-electron chi connectivity index (χ0n) is 25.1. The highest BCUT2D eigenvalue weighted by molar-refractivity contribution is 7.26. The predicted octanol–water partition coefficient (Wildman–Crippen LogP) is 12.4. The molecule has 0 atom stereocenters. The van der Waals surface area contributed by atoms with Crippen molar-refractivity contribution in [1.29, 1.82) is 10.5 Å². The van der Waals surface area contributed by atoms with Crippen molar-refractivity contribution in [1.82, 2.24) is 4.98 Å². The van der Waals surface area contributed by atoms with Gasteiger partial charge < -0.3 is 0 Å². The third kappa shape index (κ3) is 4.89. The SMILES string of the molecule is CC/C=C\c1nc(-c2cc(-c3ccc4c(c3)sc3cc(C#N)ccc34)cc(-c3ccc4c(c3)sc3cc(C#N)ccc34)c2)sc1C. The summed E-state index contributed by atoms with van der Waals surface area (Å²) in [4.78, 5) is 6.27. The molecule has 0 aliphatic rings. The molecule has 8 rings (SSSR count). The van der Waals surface area contributed by atoms with Gasteiger partial charge in [0.25, 0.3) is 0 Å². The number of aryl methyl sites for hydroxylation is 1. The number of aromatic nitrogens is 1. The summed E-state index contributed by atoms with van der Waals surface area (Å²) in [6.45, 7) is 4.28. The number of hydrogen-bond acceptors (Lipinski definition) is 6. The molecule has 0 unspecified atom stereocenters. The number of thiophene rings is 2. The predicted molar refractivity (Wildman–Crippen MR) is 198 cm³/mol. The van der Waals surface area contributed by atoms with Crippen molar-refractivity contribution in [2.24, 2.45) is 0 Å². The molecule has 3 aromatic heterocycles. The Labute approximate surface area is 278 Å². The van der Waals surface area contributed by atoms with E-state index < -0.39 is 0 Å². The van der Waals surface area contributed by atoms with E-state index in [1.54, 1.807) is 34.0 Å². The van der Waals surface area contributed by atoms with Crippen molar-refractivity contribution in [2.45, 2.75) is 20.3 Å². The summed E-state index contributed by atoms with van der Waals surface area (Å²) in [7, 11) is 0. The van der Waals surface area contributed by atoms with Crippen molar-refractivity contribution >= 4 is 80.4 Å². The maximum atomic E-state index is 9.42. The van der Waals surface area contributed by atoms with Gasteiger partial charge in [-0.05, 0) is 96.3 Å². The minimum Gasteiger partial charge on any atom is -0.236 e. The third-order valence-electron chi connectivity index (χ3n) is 8.40. The van der Waals surface area contributed by atoms with Crippen LogP contribution in [0, 0.1) is 29.6 Å². The molecular weight excluding hydrogens is 619 g/mol. The van der Waals surface area contributed by atoms with E-state index in [1.165, 1.54) is 35.8 Å². The van der Waals surface area contributed by atoms with Crippen LogP contribution in [0.25, 0.3) is 79.2 Å². The monoisotopic (exact) mass is 643 g/mol. The molecule has 0 aliphatic carbocycles. The van der Waals surface area contributed by atoms with Gasteiger partial charge >= 0.3 is 0 Å². The molecule has 0 fully saturated rings. The first-order chi connectivity index (χ1) is 22.5. The molecule has 0 saturated heterocycles. The average Bonchev–Trinajstić information content (AvgIpc) is 3.77. The van der Waals surface area contributed by atoms with Gasteiger partial charge in [0, 0.05) is 50.8 Å². The summed E-state index contributed by atoms with van der Waals surface area (Å²) in [6, 6.07) is 36.6. The highest BCUT2D eigenvalue weighted by Gasteiger charge is 2.15. The first kappa shape index (κ1) is 28.4. The van der Waals surface area contributed by atoms with Gasteiger partial charge in [0.05, 0.1) is 29.0 Å². The fourth-order valence-corrected chi connectivity index (χ4v) is 9.31. The zero-order chi connectivity index (χ0) is 31.4. The van der Waals surface area contributed by atoms with Crippen molar-refractivity contribution < 1.29 is 0 Å². The van der Waals surface area contributed by atoms with Crippen LogP contribution < -0.4 is 0 Å². The second-order valence-electron chi connectivity index (χ2n) is 11.3. The third-order valence-corrected chi connectivity index (χ3v) is 11.7. The fraction of sp³-hybridized carbons (Fsp3) is 0.0750. The van der Waals surface area contributed by atoms with Crippen LogP contribution in [0.15, 0.2) is 97.1 Å². The van der Waals surface area contributed by atoms with Crippen LogP contribution in [0.2, 0.25) is 0 Å². The number of hydrogen-bond donors (Lipinski definition) is 0. The quantitative estimate of drug-likeness (QED) is 0.187. The Hall–Kier alpha value is -5.11. The van der Waals surface area contributed by atoms with Gasteiger partial charge in [0.2, 0.25) is 0 Å². The number of rotatable bonds is 5. The summed E-state index contributed by atoms with van der Waals surface area (Å²) in [5, 5.41) is 24.6. The molecule has 5 aromatic carbocycles. The second-order valence-corrected chi connectivity index (χ2v) is 14.7. The van der Waals surface area contributed by atoms with Crippen LogP contribution >= 0.6 is 34.0 Å². The Kier molecular flexibility index (Phi) is 7.00. The molecule has 0 amide bonds. The Morgan fingerprint density at radius 1 is 0.587 bits per heavy atom. The largest absolute Gasteiger partial charge is 0.236 e. The van der Waals surface area contributed by atoms with E-state index in [-0.39, 0.29) is 0 Å². The van der Waals surface area contributed by atoms with E-state index in [1.807, 2.05) is 24.3 Å². The Morgan fingerprint density at radius 3 is 1.57 bits per heavy atom. The minimum atomic E-state index is 0.685. The molecular formula is C40H25N3S3. The van der Waals surface area contributed by atoms with E-state index in [0.717, 1.165) is 54.3 Å². The van der Waals surface area contributed by atoms with E-state index in [4.69, 9.17) is 4.98 Å². The van der Waals surface area contributed by atoms with Crippen LogP contribution in [0.5, 0.6) is 0 Å². The number of benzene rings is 5. The number of nitriles is 2. The molecule has 0 saturated carbocycles. The molecule has 8 aromatic rings. The Morgan fingerprint density at radius 2 is 1.07 bits per heavy atom. The maximum absolute atomic E-state index is 9.42. The minimum absolute atomic E-state index is 0.685. The zero-order valence-corrected chi connectivity index (χ0v) is 27.5. The van der Waals surface area contributed by atoms with Gasteiger partial charge in [-0.2, -0.15) is 10.5 Å². The lowest BCUT2D eigenvalue weighted by molar-refractivity contribution is 1.23. The summed E-state index contributed by atoms with van der Waals surface area (Å²) in [5.41, 5.74) is 8.07. The van der Waals surface area contributed by atoms with Crippen molar-refractivity contribution in [3.05, 3.63) is 119 Å². The highest BCUT2D eigenvalue weighted by atomic mass is 32.1. The fourth-order valence-electron chi connectivity index (χ4n) is 6.05. The number of nitrogens with zero attached hydrogens (tertiary/aromatic N) is 3. The lowest BCUT2D eigenvalue weighted by Crippen LogP contribution is -1.86. The lowest BCUT2D eigenvalue weighted by atomic mass is 9.95. The number of fused-ring (bicyclic) bond motifs is 6. The highest BCUT2D eigenvalue weighted by Crippen LogP contribution is 2.41. The molecule has 3 nitrogen and oxygen atoms in total. The van der Waals surface area contributed by atoms with Crippen molar-refractivity contribution in [3.63, 3.8) is 0 Å². The molecule has 3 heterocycles. The summed E-state index contributed by atoms with van der Waals surface area (Å²) in [6.07, 6.45) is 5.26. The van der Waals surface area contributed by atoms with Gasteiger partial charge in [-0.3, -0.25) is 0 Å². The Bertz CT molecular complexity index is 2470. The van der Waals surface area contributed by atoms with E-state index in [0.29, 0.717) is 11.1 Å². The topological polar surface area (TPSA) is 60.5 Å². The standard InChI is InChI=1S/C40H25N3S3/c1-3-4-5-35-23(2)44-40(43-35)30-17-28(26-8-12-33-31-10-6-24(21-41)14-36(31)45-38(33)19-26)16-29(18-30)27-9-13-34-32-11-7-25(22-42)15-37(32)46-39(34)20-27/h4-20H,3H2,1-2H3/b5-4-. The van der Waals surface area contributed by atoms with Gasteiger partial charge in [0.15, 0.2) is 0 Å². The van der Waals surface area contributed by atoms with Crippen molar-refractivity contribution in [3.8, 4) is 45.0 Å². The molecule has 218 valence electrons. The van der Waals surface area contributed by atoms with Crippen LogP contribution in [-0.2, 0) is 0 Å². The Balaban J connectivity index is 1.30. The number of allylic oxidation sites excluding steroid dienone is 1. The normalized spacial score (nSPS) is 11.7. The van der Waals surface area contributed by atoms with E-state index >= 15 is 0 Å². The van der Waals surface area contributed by atoms with Crippen LogP contribution in [0.4, 0.5) is 0 Å². The molecule has 6 heteroatoms. The van der Waals surface area contributed by atoms with Gasteiger partial charge in [0.1, 0.15) is 5.01 Å².